The second-order valence-corrected chi connectivity index (χ2v) is 7.59. The van der Waals surface area contributed by atoms with Gasteiger partial charge in [-0.05, 0) is 43.3 Å². The number of hydrogen-bond acceptors (Lipinski definition) is 7. The zero-order chi connectivity index (χ0) is 20.1. The zero-order valence-corrected chi connectivity index (χ0v) is 16.1. The van der Waals surface area contributed by atoms with Crippen LogP contribution in [-0.4, -0.2) is 25.4 Å². The van der Waals surface area contributed by atoms with Crippen molar-refractivity contribution in [1.29, 1.82) is 0 Å². The maximum Gasteiger partial charge on any atom is 0.283 e. The predicted molar refractivity (Wildman–Crippen MR) is 116 cm³/mol. The summed E-state index contributed by atoms with van der Waals surface area (Å²) in [7, 11) is 0. The van der Waals surface area contributed by atoms with E-state index in [1.54, 1.807) is 30.3 Å². The fourth-order valence-corrected chi connectivity index (χ4v) is 4.20. The molecule has 0 saturated heterocycles. The summed E-state index contributed by atoms with van der Waals surface area (Å²) < 4.78 is 1.48. The van der Waals surface area contributed by atoms with Gasteiger partial charge in [0.25, 0.3) is 5.56 Å². The fraction of sp³-hybridized carbons (Fsp3) is 0.0476. The van der Waals surface area contributed by atoms with Crippen LogP contribution < -0.4 is 11.3 Å². The van der Waals surface area contributed by atoms with Gasteiger partial charge in [0, 0.05) is 22.4 Å². The van der Waals surface area contributed by atoms with E-state index in [9.17, 15) is 9.90 Å². The van der Waals surface area contributed by atoms with Gasteiger partial charge in [-0.1, -0.05) is 29.5 Å². The SMILES string of the molecule is CC1=Nc2ccccc2/C1=C\c1c(N)n2nc(-c3ccc(O)cc3)sc2nc1=O. The van der Waals surface area contributed by atoms with Crippen molar-refractivity contribution in [1.82, 2.24) is 14.6 Å². The van der Waals surface area contributed by atoms with Crippen LogP contribution in [-0.2, 0) is 0 Å². The predicted octanol–water partition coefficient (Wildman–Crippen LogP) is 3.75. The summed E-state index contributed by atoms with van der Waals surface area (Å²) in [6.45, 7) is 1.90. The number of benzene rings is 2. The van der Waals surface area contributed by atoms with Crippen LogP contribution in [0.25, 0.3) is 27.2 Å². The lowest BCUT2D eigenvalue weighted by molar-refractivity contribution is 0.475. The molecule has 0 unspecified atom stereocenters. The molecule has 0 saturated carbocycles. The van der Waals surface area contributed by atoms with Crippen molar-refractivity contribution in [2.24, 2.45) is 4.99 Å². The monoisotopic (exact) mass is 401 g/mol. The van der Waals surface area contributed by atoms with E-state index < -0.39 is 5.56 Å². The molecule has 29 heavy (non-hydrogen) atoms. The van der Waals surface area contributed by atoms with Crippen molar-refractivity contribution >= 4 is 45.2 Å². The lowest BCUT2D eigenvalue weighted by Gasteiger charge is -2.04. The Morgan fingerprint density at radius 1 is 1.14 bits per heavy atom. The molecule has 2 aromatic carbocycles. The summed E-state index contributed by atoms with van der Waals surface area (Å²) in [5.74, 6) is 0.399. The van der Waals surface area contributed by atoms with Gasteiger partial charge < -0.3 is 10.8 Å². The first-order valence-corrected chi connectivity index (χ1v) is 9.68. The molecule has 0 amide bonds. The number of phenolic OH excluding ortho intramolecular Hbond substituents is 1. The molecule has 0 radical (unpaired) electrons. The van der Waals surface area contributed by atoms with Crippen LogP contribution in [0.4, 0.5) is 11.5 Å². The molecule has 142 valence electrons. The Morgan fingerprint density at radius 2 is 1.90 bits per heavy atom. The Labute approximate surface area is 169 Å². The lowest BCUT2D eigenvalue weighted by atomic mass is 10.0. The van der Waals surface area contributed by atoms with Crippen LogP contribution in [0.3, 0.4) is 0 Å². The molecule has 7 nitrogen and oxygen atoms in total. The molecular weight excluding hydrogens is 386 g/mol. The Bertz CT molecular complexity index is 1400. The molecule has 1 aliphatic heterocycles. The minimum Gasteiger partial charge on any atom is -0.508 e. The summed E-state index contributed by atoms with van der Waals surface area (Å²) in [5.41, 5.74) is 10.5. The molecule has 0 aliphatic carbocycles. The van der Waals surface area contributed by atoms with Gasteiger partial charge in [0.1, 0.15) is 16.6 Å². The van der Waals surface area contributed by atoms with Gasteiger partial charge in [0.05, 0.1) is 11.3 Å². The van der Waals surface area contributed by atoms with Gasteiger partial charge in [-0.3, -0.25) is 9.79 Å². The van der Waals surface area contributed by atoms with Crippen LogP contribution in [0.1, 0.15) is 18.1 Å². The first-order valence-electron chi connectivity index (χ1n) is 8.87. The molecule has 1 aliphatic rings. The molecule has 0 bridgehead atoms. The number of fused-ring (bicyclic) bond motifs is 2. The number of rotatable bonds is 2. The number of para-hydroxylation sites is 1. The largest absolute Gasteiger partial charge is 0.508 e. The average Bonchev–Trinajstić information content (AvgIpc) is 3.26. The molecule has 0 spiro atoms. The Kier molecular flexibility index (Phi) is 3.82. The number of aromatic hydroxyl groups is 1. The van der Waals surface area contributed by atoms with E-state index in [4.69, 9.17) is 5.73 Å². The van der Waals surface area contributed by atoms with E-state index in [-0.39, 0.29) is 17.1 Å². The van der Waals surface area contributed by atoms with Gasteiger partial charge in [-0.15, -0.1) is 0 Å². The topological polar surface area (TPSA) is 106 Å². The molecule has 3 N–H and O–H groups in total. The van der Waals surface area contributed by atoms with Crippen molar-refractivity contribution in [2.45, 2.75) is 6.92 Å². The van der Waals surface area contributed by atoms with Crippen molar-refractivity contribution in [3.05, 3.63) is 70.0 Å². The molecular formula is C21H15N5O2S. The van der Waals surface area contributed by atoms with E-state index in [1.807, 2.05) is 31.2 Å². The van der Waals surface area contributed by atoms with Crippen LogP contribution in [0.2, 0.25) is 0 Å². The fourth-order valence-electron chi connectivity index (χ4n) is 3.30. The van der Waals surface area contributed by atoms with Crippen molar-refractivity contribution in [3.63, 3.8) is 0 Å². The second kappa shape index (κ2) is 6.39. The number of phenols is 1. The second-order valence-electron chi connectivity index (χ2n) is 6.64. The van der Waals surface area contributed by atoms with E-state index in [0.29, 0.717) is 9.97 Å². The highest BCUT2D eigenvalue weighted by atomic mass is 32.1. The quantitative estimate of drug-likeness (QED) is 0.532. The minimum absolute atomic E-state index is 0.171. The van der Waals surface area contributed by atoms with Gasteiger partial charge in [-0.2, -0.15) is 14.6 Å². The summed E-state index contributed by atoms with van der Waals surface area (Å²) >= 11 is 1.26. The minimum atomic E-state index is -0.409. The summed E-state index contributed by atoms with van der Waals surface area (Å²) in [6.07, 6.45) is 1.74. The number of aliphatic imine (C=N–C) groups is 1. The third-order valence-electron chi connectivity index (χ3n) is 4.77. The Hall–Kier alpha value is -3.78. The van der Waals surface area contributed by atoms with Crippen LogP contribution in [0.5, 0.6) is 5.75 Å². The normalized spacial score (nSPS) is 14.4. The van der Waals surface area contributed by atoms with Gasteiger partial charge in [0.2, 0.25) is 4.96 Å². The van der Waals surface area contributed by atoms with Crippen LogP contribution in [0, 0.1) is 0 Å². The average molecular weight is 401 g/mol. The van der Waals surface area contributed by atoms with Crippen LogP contribution >= 0.6 is 11.3 Å². The lowest BCUT2D eigenvalue weighted by Crippen LogP contribution is -2.17. The highest BCUT2D eigenvalue weighted by molar-refractivity contribution is 7.19. The summed E-state index contributed by atoms with van der Waals surface area (Å²) in [6, 6.07) is 14.4. The molecule has 5 rings (SSSR count). The molecule has 2 aromatic heterocycles. The highest BCUT2D eigenvalue weighted by Gasteiger charge is 2.20. The van der Waals surface area contributed by atoms with Crippen molar-refractivity contribution in [3.8, 4) is 16.3 Å². The maximum atomic E-state index is 12.7. The molecule has 3 heterocycles. The summed E-state index contributed by atoms with van der Waals surface area (Å²) in [5, 5.41) is 14.6. The van der Waals surface area contributed by atoms with Gasteiger partial charge >= 0.3 is 0 Å². The Morgan fingerprint density at radius 3 is 2.69 bits per heavy atom. The third-order valence-corrected chi connectivity index (χ3v) is 5.72. The van der Waals surface area contributed by atoms with Gasteiger partial charge in [-0.25, -0.2) is 0 Å². The zero-order valence-electron chi connectivity index (χ0n) is 15.3. The van der Waals surface area contributed by atoms with Crippen molar-refractivity contribution < 1.29 is 5.11 Å². The smallest absolute Gasteiger partial charge is 0.283 e. The third kappa shape index (κ3) is 2.81. The molecule has 8 heteroatoms. The van der Waals surface area contributed by atoms with E-state index >= 15 is 0 Å². The van der Waals surface area contributed by atoms with E-state index in [2.05, 4.69) is 15.1 Å². The number of nitrogens with two attached hydrogens (primary N) is 1. The first kappa shape index (κ1) is 17.3. The number of nitrogens with zero attached hydrogens (tertiary/aromatic N) is 4. The number of hydrogen-bond donors (Lipinski definition) is 2. The van der Waals surface area contributed by atoms with Crippen molar-refractivity contribution in [2.75, 3.05) is 5.73 Å². The van der Waals surface area contributed by atoms with Gasteiger partial charge in [0.15, 0.2) is 0 Å². The standard InChI is InChI=1S/C21H15N5O2S/c1-11-15(14-4-2-3-5-17(14)23-11)10-16-18(22)26-21(24-19(16)28)29-20(25-26)12-6-8-13(27)9-7-12/h2-10,27H,22H2,1H3/b15-10-. The Balaban J connectivity index is 1.67. The number of aromatic nitrogens is 3. The molecule has 0 atom stereocenters. The highest BCUT2D eigenvalue weighted by Crippen LogP contribution is 2.36. The summed E-state index contributed by atoms with van der Waals surface area (Å²) in [4.78, 5) is 21.8. The molecule has 4 aromatic rings. The van der Waals surface area contributed by atoms with E-state index in [1.165, 1.54) is 15.9 Å². The molecule has 0 fully saturated rings. The number of allylic oxidation sites excluding steroid dienone is 1. The van der Waals surface area contributed by atoms with E-state index in [0.717, 1.165) is 28.1 Å². The maximum absolute atomic E-state index is 12.7. The first-order chi connectivity index (χ1) is 14.0. The number of nitrogen functional groups attached to an aromatic ring is 1. The number of anilines is 1. The van der Waals surface area contributed by atoms with Crippen LogP contribution in [0.15, 0.2) is 58.3 Å².